The van der Waals surface area contributed by atoms with E-state index >= 15 is 0 Å². The van der Waals surface area contributed by atoms with Crippen LogP contribution in [0, 0.1) is 18.3 Å². The van der Waals surface area contributed by atoms with Crippen LogP contribution in [0.1, 0.15) is 11.1 Å². The van der Waals surface area contributed by atoms with Gasteiger partial charge in [-0.3, -0.25) is 0 Å². The summed E-state index contributed by atoms with van der Waals surface area (Å²) in [6.45, 7) is 1.93. The first kappa shape index (κ1) is 14.5. The van der Waals surface area contributed by atoms with Crippen LogP contribution in [-0.4, -0.2) is 13.8 Å². The molecule has 0 radical (unpaired) electrons. The average Bonchev–Trinajstić information content (AvgIpc) is 2.88. The summed E-state index contributed by atoms with van der Waals surface area (Å²) in [5.41, 5.74) is 2.36. The van der Waals surface area contributed by atoms with Gasteiger partial charge in [0, 0.05) is 4.91 Å². The van der Waals surface area contributed by atoms with Crippen LogP contribution >= 0.6 is 11.8 Å². The SMILES string of the molecule is Cc1ccccc1/C(C#N)=C1\C=CC(=NOS(=O)[O-])S1. The van der Waals surface area contributed by atoms with Gasteiger partial charge in [-0.05, 0) is 30.2 Å². The molecule has 1 aromatic carbocycles. The fraction of sp³-hybridized carbons (Fsp3) is 0.0769. The van der Waals surface area contributed by atoms with Gasteiger partial charge >= 0.3 is 0 Å². The molecule has 20 heavy (non-hydrogen) atoms. The van der Waals surface area contributed by atoms with Gasteiger partial charge in [-0.2, -0.15) is 5.26 Å². The first-order chi connectivity index (χ1) is 9.61. The Bertz CT molecular complexity index is 687. The quantitative estimate of drug-likeness (QED) is 0.487. The molecule has 102 valence electrons. The van der Waals surface area contributed by atoms with Gasteiger partial charge in [0.05, 0.1) is 5.57 Å². The zero-order chi connectivity index (χ0) is 14.5. The molecule has 0 aliphatic carbocycles. The number of thioether (sulfide) groups is 1. The molecule has 0 saturated carbocycles. The van der Waals surface area contributed by atoms with Crippen LogP contribution < -0.4 is 0 Å². The van der Waals surface area contributed by atoms with E-state index in [1.54, 1.807) is 12.2 Å². The molecule has 7 heteroatoms. The predicted molar refractivity (Wildman–Crippen MR) is 77.9 cm³/mol. The highest BCUT2D eigenvalue weighted by Crippen LogP contribution is 2.34. The number of hydrogen-bond donors (Lipinski definition) is 0. The van der Waals surface area contributed by atoms with Crippen molar-refractivity contribution < 1.29 is 13.0 Å². The second kappa shape index (κ2) is 6.52. The Kier molecular flexibility index (Phi) is 4.74. The van der Waals surface area contributed by atoms with Gasteiger partial charge in [-0.25, -0.2) is 4.21 Å². The van der Waals surface area contributed by atoms with Crippen LogP contribution in [0.5, 0.6) is 0 Å². The van der Waals surface area contributed by atoms with Crippen molar-refractivity contribution in [2.45, 2.75) is 6.92 Å². The number of hydrogen-bond acceptors (Lipinski definition) is 6. The van der Waals surface area contributed by atoms with Crippen LogP contribution in [0.15, 0.2) is 46.5 Å². The molecule has 0 N–H and O–H groups in total. The summed E-state index contributed by atoms with van der Waals surface area (Å²) >= 11 is -1.50. The van der Waals surface area contributed by atoms with Crippen LogP contribution in [0.3, 0.4) is 0 Å². The Morgan fingerprint density at radius 3 is 2.85 bits per heavy atom. The lowest BCUT2D eigenvalue weighted by molar-refractivity contribution is 0.319. The van der Waals surface area contributed by atoms with Crippen molar-refractivity contribution in [1.82, 2.24) is 0 Å². The highest BCUT2D eigenvalue weighted by molar-refractivity contribution is 8.18. The van der Waals surface area contributed by atoms with Gasteiger partial charge in [0.15, 0.2) is 11.4 Å². The minimum absolute atomic E-state index is 0.380. The maximum absolute atomic E-state index is 10.3. The summed E-state index contributed by atoms with van der Waals surface area (Å²) in [6, 6.07) is 9.74. The Morgan fingerprint density at radius 2 is 2.20 bits per heavy atom. The number of nitrogens with zero attached hydrogens (tertiary/aromatic N) is 2. The molecule has 2 rings (SSSR count). The molecule has 0 spiro atoms. The zero-order valence-electron chi connectivity index (χ0n) is 10.4. The molecule has 0 bridgehead atoms. The van der Waals surface area contributed by atoms with Crippen molar-refractivity contribution in [2.24, 2.45) is 5.16 Å². The number of oxime groups is 1. The molecule has 1 aromatic rings. The molecule has 1 aliphatic heterocycles. The van der Waals surface area contributed by atoms with Gasteiger partial charge in [0.1, 0.15) is 11.1 Å². The van der Waals surface area contributed by atoms with Gasteiger partial charge in [-0.15, -0.1) is 0 Å². The molecule has 1 atom stereocenters. The van der Waals surface area contributed by atoms with E-state index in [2.05, 4.69) is 15.5 Å². The fourth-order valence-electron chi connectivity index (χ4n) is 1.68. The lowest BCUT2D eigenvalue weighted by atomic mass is 10.0. The van der Waals surface area contributed by atoms with Gasteiger partial charge in [0.2, 0.25) is 0 Å². The molecule has 0 aromatic heterocycles. The van der Waals surface area contributed by atoms with Crippen LogP contribution in [0.25, 0.3) is 5.57 Å². The Hall–Kier alpha value is -1.88. The van der Waals surface area contributed by atoms with Crippen molar-refractivity contribution in [2.75, 3.05) is 0 Å². The summed E-state index contributed by atoms with van der Waals surface area (Å²) in [4.78, 5) is 0.709. The van der Waals surface area contributed by atoms with Crippen LogP contribution in [0.2, 0.25) is 0 Å². The second-order valence-electron chi connectivity index (χ2n) is 3.81. The van der Waals surface area contributed by atoms with Gasteiger partial charge in [-0.1, -0.05) is 41.2 Å². The topological polar surface area (TPSA) is 85.5 Å². The molecular weight excluding hydrogens is 296 g/mol. The highest BCUT2D eigenvalue weighted by atomic mass is 32.2. The molecular formula is C13H9N2O3S2-. The normalized spacial score (nSPS) is 19.8. The Labute approximate surface area is 123 Å². The number of benzene rings is 1. The lowest BCUT2D eigenvalue weighted by Crippen LogP contribution is -1.91. The number of aryl methyl sites for hydroxylation is 1. The van der Waals surface area contributed by atoms with Crippen molar-refractivity contribution in [3.05, 3.63) is 52.4 Å². The summed E-state index contributed by atoms with van der Waals surface area (Å²) in [5, 5.41) is 13.2. The minimum Gasteiger partial charge on any atom is -0.738 e. The van der Waals surface area contributed by atoms with E-state index in [1.807, 2.05) is 31.2 Å². The first-order valence-electron chi connectivity index (χ1n) is 5.53. The summed E-state index contributed by atoms with van der Waals surface area (Å²) < 4.78 is 24.7. The minimum atomic E-state index is -2.69. The number of rotatable bonds is 3. The summed E-state index contributed by atoms with van der Waals surface area (Å²) in [5.74, 6) is 0. The monoisotopic (exact) mass is 305 g/mol. The highest BCUT2D eigenvalue weighted by Gasteiger charge is 2.16. The largest absolute Gasteiger partial charge is 0.738 e. The standard InChI is InChI=1S/C13H10N2O3S2/c1-9-4-2-3-5-10(9)11(8-14)12-6-7-13(19-12)15-18-20(16)17/h2-7H,1H3,(H,16,17)/p-1/b12-11+,15-13?. The third kappa shape index (κ3) is 3.36. The predicted octanol–water partition coefficient (Wildman–Crippen LogP) is 2.66. The number of allylic oxidation sites excluding steroid dienone is 2. The molecule has 1 aliphatic rings. The average molecular weight is 305 g/mol. The fourth-order valence-corrected chi connectivity index (χ4v) is 2.70. The zero-order valence-corrected chi connectivity index (χ0v) is 12.0. The van der Waals surface area contributed by atoms with E-state index in [0.717, 1.165) is 11.1 Å². The third-order valence-corrected chi connectivity index (χ3v) is 3.73. The first-order valence-corrected chi connectivity index (χ1v) is 7.34. The maximum Gasteiger partial charge on any atom is 0.169 e. The van der Waals surface area contributed by atoms with Gasteiger partial charge < -0.3 is 8.84 Å². The second-order valence-corrected chi connectivity index (χ2v) is 5.43. The van der Waals surface area contributed by atoms with E-state index in [0.29, 0.717) is 15.5 Å². The molecule has 0 saturated heterocycles. The van der Waals surface area contributed by atoms with E-state index in [9.17, 15) is 14.0 Å². The van der Waals surface area contributed by atoms with Crippen LogP contribution in [0.4, 0.5) is 0 Å². The molecule has 5 nitrogen and oxygen atoms in total. The van der Waals surface area contributed by atoms with Crippen molar-refractivity contribution in [3.8, 4) is 6.07 Å². The maximum atomic E-state index is 10.3. The van der Waals surface area contributed by atoms with Crippen molar-refractivity contribution in [1.29, 1.82) is 5.26 Å². The smallest absolute Gasteiger partial charge is 0.169 e. The summed E-state index contributed by atoms with van der Waals surface area (Å²) in [6.07, 6.45) is 3.31. The van der Waals surface area contributed by atoms with E-state index in [-0.39, 0.29) is 0 Å². The molecule has 0 fully saturated rings. The van der Waals surface area contributed by atoms with Gasteiger partial charge in [0.25, 0.3) is 0 Å². The molecule has 1 heterocycles. The summed E-state index contributed by atoms with van der Waals surface area (Å²) in [7, 11) is 0. The number of nitriles is 1. The van der Waals surface area contributed by atoms with E-state index in [4.69, 9.17) is 0 Å². The van der Waals surface area contributed by atoms with Crippen molar-refractivity contribution in [3.63, 3.8) is 0 Å². The molecule has 1 unspecified atom stereocenters. The van der Waals surface area contributed by atoms with E-state index in [1.165, 1.54) is 11.8 Å². The molecule has 0 amide bonds. The third-order valence-electron chi connectivity index (χ3n) is 2.55. The lowest BCUT2D eigenvalue weighted by Gasteiger charge is -2.06. The van der Waals surface area contributed by atoms with Crippen LogP contribution in [-0.2, 0) is 15.6 Å². The van der Waals surface area contributed by atoms with E-state index < -0.39 is 11.4 Å². The van der Waals surface area contributed by atoms with Crippen molar-refractivity contribution >= 4 is 33.7 Å². The Morgan fingerprint density at radius 1 is 1.45 bits per heavy atom. The Balaban J connectivity index is 2.32.